The maximum atomic E-state index is 13.4. The second kappa shape index (κ2) is 9.28. The Kier molecular flexibility index (Phi) is 6.29. The third kappa shape index (κ3) is 5.68. The molecule has 0 saturated carbocycles. The van der Waals surface area contributed by atoms with Crippen LogP contribution in [0.25, 0.3) is 0 Å². The van der Waals surface area contributed by atoms with Gasteiger partial charge in [0.1, 0.15) is 10.8 Å². The fourth-order valence-electron chi connectivity index (χ4n) is 3.05. The van der Waals surface area contributed by atoms with Crippen LogP contribution in [-0.4, -0.2) is 24.7 Å². The standard InChI is InChI=1S/C22H20ClFN6S/c1-15-5-7-16(8-6-15)11-29-13-19(10-25-29)26-22(31)27-21-20(23)14-30(28-21)12-17-3-2-4-18(24)9-17/h2-10,13-14H,11-12H2,1H3,(H2,26,27,28,31). The first-order valence-electron chi connectivity index (χ1n) is 9.58. The number of anilines is 2. The molecule has 0 aliphatic heterocycles. The number of nitrogens with one attached hydrogen (secondary N) is 2. The lowest BCUT2D eigenvalue weighted by Gasteiger charge is -2.07. The van der Waals surface area contributed by atoms with Gasteiger partial charge in [0.25, 0.3) is 0 Å². The van der Waals surface area contributed by atoms with Gasteiger partial charge in [-0.2, -0.15) is 10.2 Å². The molecule has 0 spiro atoms. The highest BCUT2D eigenvalue weighted by Crippen LogP contribution is 2.20. The highest BCUT2D eigenvalue weighted by molar-refractivity contribution is 7.80. The second-order valence-corrected chi connectivity index (χ2v) is 7.96. The smallest absolute Gasteiger partial charge is 0.176 e. The van der Waals surface area contributed by atoms with Crippen LogP contribution in [0.1, 0.15) is 16.7 Å². The summed E-state index contributed by atoms with van der Waals surface area (Å²) in [5.74, 6) is 0.130. The minimum Gasteiger partial charge on any atom is -0.330 e. The molecule has 2 N–H and O–H groups in total. The molecule has 0 atom stereocenters. The zero-order valence-electron chi connectivity index (χ0n) is 16.7. The number of halogens is 2. The first-order valence-corrected chi connectivity index (χ1v) is 10.4. The molecule has 0 unspecified atom stereocenters. The highest BCUT2D eigenvalue weighted by atomic mass is 35.5. The molecule has 4 rings (SSSR count). The SMILES string of the molecule is Cc1ccc(Cn2cc(NC(=S)Nc3nn(Cc4cccc(F)c4)cc3Cl)cn2)cc1. The summed E-state index contributed by atoms with van der Waals surface area (Å²) in [7, 11) is 0. The number of hydrogen-bond donors (Lipinski definition) is 2. The molecule has 0 bridgehead atoms. The molecule has 0 amide bonds. The van der Waals surface area contributed by atoms with Crippen LogP contribution in [0.15, 0.2) is 67.1 Å². The fourth-order valence-corrected chi connectivity index (χ4v) is 3.46. The molecule has 2 heterocycles. The summed E-state index contributed by atoms with van der Waals surface area (Å²) < 4.78 is 16.8. The molecule has 0 radical (unpaired) electrons. The van der Waals surface area contributed by atoms with Crippen LogP contribution < -0.4 is 10.6 Å². The van der Waals surface area contributed by atoms with E-state index in [0.29, 0.717) is 29.0 Å². The van der Waals surface area contributed by atoms with Crippen LogP contribution in [0.2, 0.25) is 5.02 Å². The molecular weight excluding hydrogens is 435 g/mol. The summed E-state index contributed by atoms with van der Waals surface area (Å²) in [4.78, 5) is 0. The van der Waals surface area contributed by atoms with Gasteiger partial charge in [-0.25, -0.2) is 4.39 Å². The molecule has 4 aromatic rings. The van der Waals surface area contributed by atoms with Gasteiger partial charge in [-0.05, 0) is 42.4 Å². The Morgan fingerprint density at radius 2 is 1.81 bits per heavy atom. The van der Waals surface area contributed by atoms with Crippen molar-refractivity contribution in [2.75, 3.05) is 10.6 Å². The summed E-state index contributed by atoms with van der Waals surface area (Å²) >= 11 is 11.6. The molecule has 0 fully saturated rings. The average Bonchev–Trinajstić information content (AvgIpc) is 3.29. The lowest BCUT2D eigenvalue weighted by molar-refractivity contribution is 0.619. The number of aromatic nitrogens is 4. The van der Waals surface area contributed by atoms with E-state index in [1.54, 1.807) is 23.1 Å². The Hall–Kier alpha value is -3.23. The van der Waals surface area contributed by atoms with Gasteiger partial charge in [0.2, 0.25) is 0 Å². The normalized spacial score (nSPS) is 10.8. The topological polar surface area (TPSA) is 59.7 Å². The number of benzene rings is 2. The lowest BCUT2D eigenvalue weighted by Crippen LogP contribution is -2.19. The largest absolute Gasteiger partial charge is 0.330 e. The van der Waals surface area contributed by atoms with Crippen LogP contribution in [0.4, 0.5) is 15.9 Å². The maximum Gasteiger partial charge on any atom is 0.176 e. The van der Waals surface area contributed by atoms with Gasteiger partial charge in [0.05, 0.1) is 25.0 Å². The van der Waals surface area contributed by atoms with E-state index in [2.05, 4.69) is 52.0 Å². The number of hydrogen-bond acceptors (Lipinski definition) is 3. The Balaban J connectivity index is 1.35. The number of nitrogens with zero attached hydrogens (tertiary/aromatic N) is 4. The van der Waals surface area contributed by atoms with E-state index in [-0.39, 0.29) is 5.82 Å². The van der Waals surface area contributed by atoms with Crippen molar-refractivity contribution in [3.8, 4) is 0 Å². The van der Waals surface area contributed by atoms with Crippen molar-refractivity contribution in [1.82, 2.24) is 19.6 Å². The molecule has 0 aliphatic rings. The van der Waals surface area contributed by atoms with Crippen LogP contribution in [0.5, 0.6) is 0 Å². The maximum absolute atomic E-state index is 13.4. The lowest BCUT2D eigenvalue weighted by atomic mass is 10.1. The number of rotatable bonds is 6. The third-order valence-corrected chi connectivity index (χ3v) is 5.02. The molecule has 6 nitrogen and oxygen atoms in total. The van der Waals surface area contributed by atoms with Gasteiger partial charge < -0.3 is 10.6 Å². The molecule has 158 valence electrons. The summed E-state index contributed by atoms with van der Waals surface area (Å²) in [5, 5.41) is 15.6. The molecule has 31 heavy (non-hydrogen) atoms. The van der Waals surface area contributed by atoms with Crippen molar-refractivity contribution in [2.24, 2.45) is 0 Å². The van der Waals surface area contributed by atoms with Crippen LogP contribution >= 0.6 is 23.8 Å². The Bertz CT molecular complexity index is 1200. The van der Waals surface area contributed by atoms with Crippen molar-refractivity contribution in [3.63, 3.8) is 0 Å². The van der Waals surface area contributed by atoms with Gasteiger partial charge in [-0.3, -0.25) is 9.36 Å². The Labute approximate surface area is 189 Å². The monoisotopic (exact) mass is 454 g/mol. The van der Waals surface area contributed by atoms with Gasteiger partial charge in [-0.1, -0.05) is 53.6 Å². The Morgan fingerprint density at radius 3 is 2.58 bits per heavy atom. The summed E-state index contributed by atoms with van der Waals surface area (Å²) in [6.07, 6.45) is 5.24. The molecule has 9 heteroatoms. The molecule has 0 aliphatic carbocycles. The zero-order valence-corrected chi connectivity index (χ0v) is 18.3. The average molecular weight is 455 g/mol. The van der Waals surface area contributed by atoms with E-state index in [4.69, 9.17) is 23.8 Å². The van der Waals surface area contributed by atoms with E-state index in [1.807, 2.05) is 16.9 Å². The Morgan fingerprint density at radius 1 is 1.03 bits per heavy atom. The van der Waals surface area contributed by atoms with E-state index in [1.165, 1.54) is 17.7 Å². The number of aryl methyl sites for hydroxylation is 1. The summed E-state index contributed by atoms with van der Waals surface area (Å²) in [6.45, 7) is 3.12. The predicted octanol–water partition coefficient (Wildman–Crippen LogP) is 5.09. The van der Waals surface area contributed by atoms with Crippen LogP contribution in [0, 0.1) is 12.7 Å². The molecule has 2 aromatic heterocycles. The van der Waals surface area contributed by atoms with E-state index < -0.39 is 0 Å². The van der Waals surface area contributed by atoms with Crippen molar-refractivity contribution in [2.45, 2.75) is 20.0 Å². The van der Waals surface area contributed by atoms with Gasteiger partial charge in [0.15, 0.2) is 10.9 Å². The highest BCUT2D eigenvalue weighted by Gasteiger charge is 2.10. The summed E-state index contributed by atoms with van der Waals surface area (Å²) in [6, 6.07) is 14.7. The van der Waals surface area contributed by atoms with E-state index in [9.17, 15) is 4.39 Å². The second-order valence-electron chi connectivity index (χ2n) is 7.14. The zero-order chi connectivity index (χ0) is 21.8. The van der Waals surface area contributed by atoms with Crippen molar-refractivity contribution in [1.29, 1.82) is 0 Å². The van der Waals surface area contributed by atoms with Crippen molar-refractivity contribution >= 4 is 40.4 Å². The quantitative estimate of drug-likeness (QED) is 0.397. The van der Waals surface area contributed by atoms with E-state index in [0.717, 1.165) is 16.8 Å². The van der Waals surface area contributed by atoms with Gasteiger partial charge in [0, 0.05) is 12.4 Å². The van der Waals surface area contributed by atoms with Gasteiger partial charge in [-0.15, -0.1) is 0 Å². The molecule has 0 saturated heterocycles. The fraction of sp³-hybridized carbons (Fsp3) is 0.136. The molecule has 2 aromatic carbocycles. The first kappa shape index (κ1) is 21.0. The molecular formula is C22H20ClFN6S. The van der Waals surface area contributed by atoms with Crippen LogP contribution in [-0.2, 0) is 13.1 Å². The number of thiocarbonyl (C=S) groups is 1. The minimum atomic E-state index is -0.289. The van der Waals surface area contributed by atoms with Gasteiger partial charge >= 0.3 is 0 Å². The third-order valence-electron chi connectivity index (χ3n) is 4.54. The van der Waals surface area contributed by atoms with Crippen LogP contribution in [0.3, 0.4) is 0 Å². The van der Waals surface area contributed by atoms with Crippen molar-refractivity contribution in [3.05, 3.63) is 94.7 Å². The van der Waals surface area contributed by atoms with E-state index >= 15 is 0 Å². The first-order chi connectivity index (χ1) is 14.9. The summed E-state index contributed by atoms with van der Waals surface area (Å²) in [5.41, 5.74) is 3.92. The van der Waals surface area contributed by atoms with Crippen molar-refractivity contribution < 1.29 is 4.39 Å². The minimum absolute atomic E-state index is 0.289. The predicted molar refractivity (Wildman–Crippen MR) is 125 cm³/mol.